The van der Waals surface area contributed by atoms with Gasteiger partial charge in [-0.05, 0) is 0 Å². The van der Waals surface area contributed by atoms with E-state index >= 15 is 0 Å². The molecule has 0 saturated carbocycles. The van der Waals surface area contributed by atoms with Crippen LogP contribution in [0.3, 0.4) is 0 Å². The third kappa shape index (κ3) is 14.3. The van der Waals surface area contributed by atoms with Crippen molar-refractivity contribution in [3.8, 4) is 0 Å². The van der Waals surface area contributed by atoms with E-state index in [4.69, 9.17) is 5.11 Å². The summed E-state index contributed by atoms with van der Waals surface area (Å²) in [6.07, 6.45) is 7.57. The van der Waals surface area contributed by atoms with Crippen LogP contribution in [0.2, 0.25) is 0 Å². The molecule has 0 rings (SSSR count). The molecule has 1 unspecified atom stereocenters. The van der Waals surface area contributed by atoms with Gasteiger partial charge in [0, 0.05) is 22.4 Å². The van der Waals surface area contributed by atoms with Crippen LogP contribution in [0.1, 0.15) is 45.4 Å². The van der Waals surface area contributed by atoms with Crippen LogP contribution >= 0.6 is 0 Å². The summed E-state index contributed by atoms with van der Waals surface area (Å²) >= 11 is 1.13. The number of unbranched alkanes of at least 4 members (excludes halogenated alkanes) is 4. The molecule has 1 N–H and O–H groups in total. The summed E-state index contributed by atoms with van der Waals surface area (Å²) in [5, 5.41) is 8.96. The summed E-state index contributed by atoms with van der Waals surface area (Å²) < 4.78 is 0.0154. The molecule has 11 heavy (non-hydrogen) atoms. The van der Waals surface area contributed by atoms with Crippen molar-refractivity contribution in [2.45, 2.75) is 49.8 Å². The zero-order chi connectivity index (χ0) is 7.82. The summed E-state index contributed by atoms with van der Waals surface area (Å²) in [4.78, 5) is 0. The van der Waals surface area contributed by atoms with Crippen LogP contribution in [-0.4, -0.2) is 9.43 Å². The van der Waals surface area contributed by atoms with Crippen molar-refractivity contribution in [2.24, 2.45) is 0 Å². The summed E-state index contributed by atoms with van der Waals surface area (Å²) in [6, 6.07) is 0. The molecule has 0 spiro atoms. The van der Waals surface area contributed by atoms with Gasteiger partial charge in [-0.1, -0.05) is 0 Å². The van der Waals surface area contributed by atoms with Crippen LogP contribution in [-0.2, 0) is 43.4 Å². The summed E-state index contributed by atoms with van der Waals surface area (Å²) in [7, 11) is 0. The average Bonchev–Trinajstić information content (AvgIpc) is 1.87. The van der Waals surface area contributed by atoms with E-state index in [2.05, 4.69) is 6.92 Å². The molecule has 0 aliphatic carbocycles. The Balaban J connectivity index is 0. The molecular formula is C8H17NbOTa. The van der Waals surface area contributed by atoms with Gasteiger partial charge < -0.3 is 0 Å². The fourth-order valence-electron chi connectivity index (χ4n) is 0.930. The van der Waals surface area contributed by atoms with Crippen molar-refractivity contribution in [1.82, 2.24) is 0 Å². The minimum atomic E-state index is 0. The standard InChI is InChI=1S/C8H17O.Nb.Ta/c1-2-3-4-5-6-7-8-9;;/h8-9H,2-7H2,1H3;;. The molecular weight excluding hydrogens is 386 g/mol. The number of hydrogen-bond donors (Lipinski definition) is 1. The second kappa shape index (κ2) is 11.4. The predicted octanol–water partition coefficient (Wildman–Crippen LogP) is 2.21. The topological polar surface area (TPSA) is 20.2 Å². The van der Waals surface area contributed by atoms with Gasteiger partial charge in [-0.25, -0.2) is 0 Å². The van der Waals surface area contributed by atoms with Crippen molar-refractivity contribution in [3.63, 3.8) is 0 Å². The van der Waals surface area contributed by atoms with E-state index in [1.54, 1.807) is 0 Å². The van der Waals surface area contributed by atoms with Gasteiger partial charge in [-0.15, -0.1) is 0 Å². The quantitative estimate of drug-likeness (QED) is 0.533. The van der Waals surface area contributed by atoms with Crippen LogP contribution in [0.15, 0.2) is 0 Å². The smallest absolute Gasteiger partial charge is 0 e. The first-order valence-electron chi connectivity index (χ1n) is 4.13. The maximum absolute atomic E-state index is 8.96. The molecule has 0 aliphatic heterocycles. The Morgan fingerprint density at radius 1 is 1.18 bits per heavy atom. The number of hydrogen-bond acceptors (Lipinski definition) is 1. The van der Waals surface area contributed by atoms with Crippen molar-refractivity contribution >= 4 is 0 Å². The molecule has 0 bridgehead atoms. The molecule has 1 nitrogen and oxygen atoms in total. The first-order valence-corrected chi connectivity index (χ1v) is 5.99. The van der Waals surface area contributed by atoms with E-state index in [-0.39, 0.29) is 26.7 Å². The molecule has 0 amide bonds. The number of aliphatic hydroxyl groups is 1. The summed E-state index contributed by atoms with van der Waals surface area (Å²) in [5.74, 6) is 0. The molecule has 65 valence electrons. The van der Waals surface area contributed by atoms with Crippen molar-refractivity contribution in [2.75, 3.05) is 0 Å². The van der Waals surface area contributed by atoms with Crippen molar-refractivity contribution in [3.05, 3.63) is 0 Å². The molecule has 1 atom stereocenters. The fourth-order valence-corrected chi connectivity index (χ4v) is 1.59. The zero-order valence-electron chi connectivity index (χ0n) is 7.16. The molecule has 1 radical (unpaired) electrons. The molecule has 0 saturated heterocycles. The monoisotopic (exact) mass is 403 g/mol. The van der Waals surface area contributed by atoms with Gasteiger partial charge in [0.1, 0.15) is 0 Å². The Kier molecular flexibility index (Phi) is 15.5. The molecule has 0 aromatic rings. The van der Waals surface area contributed by atoms with Crippen LogP contribution in [0.4, 0.5) is 0 Å². The van der Waals surface area contributed by atoms with E-state index in [9.17, 15) is 0 Å². The zero-order valence-corrected chi connectivity index (χ0v) is 12.6. The Morgan fingerprint density at radius 3 is 2.18 bits per heavy atom. The van der Waals surface area contributed by atoms with Gasteiger partial charge in [0.25, 0.3) is 0 Å². The minimum Gasteiger partial charge on any atom is 0 e. The molecule has 0 aromatic carbocycles. The largest absolute Gasteiger partial charge is 0 e. The van der Waals surface area contributed by atoms with E-state index in [0.717, 1.165) is 27.5 Å². The molecule has 0 aromatic heterocycles. The molecule has 0 fully saturated rings. The molecule has 3 heteroatoms. The maximum atomic E-state index is 8.96. The SMILES string of the molecule is CCCCCCC[CH](O)[Ta].[Nb]. The number of rotatable bonds is 6. The maximum Gasteiger partial charge on any atom is 0 e. The first-order chi connectivity index (χ1) is 4.77. The van der Waals surface area contributed by atoms with Crippen LogP contribution < -0.4 is 0 Å². The van der Waals surface area contributed by atoms with Gasteiger partial charge in [0.05, 0.1) is 0 Å². The van der Waals surface area contributed by atoms with Crippen LogP contribution in [0, 0.1) is 0 Å². The van der Waals surface area contributed by atoms with E-state index in [0.29, 0.717) is 0 Å². The average molecular weight is 403 g/mol. The predicted molar refractivity (Wildman–Crippen MR) is 39.4 cm³/mol. The van der Waals surface area contributed by atoms with E-state index < -0.39 is 0 Å². The Morgan fingerprint density at radius 2 is 1.73 bits per heavy atom. The second-order valence-corrected chi connectivity index (χ2v) is 4.83. The Bertz CT molecular complexity index is 69.1. The van der Waals surface area contributed by atoms with Gasteiger partial charge in [-0.3, -0.25) is 0 Å². The summed E-state index contributed by atoms with van der Waals surface area (Å²) in [5.41, 5.74) is 0. The normalized spacial score (nSPS) is 12.2. The Labute approximate surface area is 97.8 Å². The third-order valence-corrected chi connectivity index (χ3v) is 2.49. The summed E-state index contributed by atoms with van der Waals surface area (Å²) in [6.45, 7) is 2.22. The van der Waals surface area contributed by atoms with Gasteiger partial charge in [0.2, 0.25) is 0 Å². The first kappa shape index (κ1) is 14.9. The van der Waals surface area contributed by atoms with E-state index in [1.165, 1.54) is 32.1 Å². The van der Waals surface area contributed by atoms with Crippen LogP contribution in [0.25, 0.3) is 0 Å². The number of aliphatic hydroxyl groups excluding tert-OH is 1. The van der Waals surface area contributed by atoms with Gasteiger partial charge >= 0.3 is 75.9 Å². The van der Waals surface area contributed by atoms with Gasteiger partial charge in [0.15, 0.2) is 0 Å². The minimum absolute atomic E-state index is 0. The fraction of sp³-hybridized carbons (Fsp3) is 1.00. The van der Waals surface area contributed by atoms with Crippen molar-refractivity contribution < 1.29 is 48.6 Å². The molecule has 0 aliphatic rings. The van der Waals surface area contributed by atoms with Crippen LogP contribution in [0.5, 0.6) is 0 Å². The van der Waals surface area contributed by atoms with Crippen molar-refractivity contribution in [1.29, 1.82) is 0 Å². The molecule has 0 heterocycles. The Hall–Kier alpha value is 1.44. The third-order valence-electron chi connectivity index (χ3n) is 1.57. The van der Waals surface area contributed by atoms with E-state index in [1.807, 2.05) is 0 Å². The van der Waals surface area contributed by atoms with Gasteiger partial charge in [-0.2, -0.15) is 0 Å². The second-order valence-electron chi connectivity index (χ2n) is 2.68.